The van der Waals surface area contributed by atoms with Gasteiger partial charge in [-0.1, -0.05) is 44.9 Å². The van der Waals surface area contributed by atoms with Crippen LogP contribution in [0.25, 0.3) is 0 Å². The van der Waals surface area contributed by atoms with Gasteiger partial charge in [-0.15, -0.1) is 0 Å². The van der Waals surface area contributed by atoms with Crippen LogP contribution in [0.4, 0.5) is 13.2 Å². The van der Waals surface area contributed by atoms with E-state index >= 15 is 0 Å². The maximum Gasteiger partial charge on any atom is 0.417 e. The van der Waals surface area contributed by atoms with Gasteiger partial charge in [0.1, 0.15) is 0 Å². The molecule has 0 aliphatic carbocycles. The van der Waals surface area contributed by atoms with Crippen molar-refractivity contribution in [1.29, 1.82) is 0 Å². The number of alkyl halides is 3. The Morgan fingerprint density at radius 1 is 1.28 bits per heavy atom. The first-order valence-corrected chi connectivity index (χ1v) is 6.05. The predicted molar refractivity (Wildman–Crippen MR) is 64.5 cm³/mol. The summed E-state index contributed by atoms with van der Waals surface area (Å²) in [7, 11) is 0. The minimum atomic E-state index is -4.47. The van der Waals surface area contributed by atoms with E-state index in [1.807, 2.05) is 13.8 Å². The average molecular weight is 258 g/mol. The van der Waals surface area contributed by atoms with Gasteiger partial charge < -0.3 is 0 Å². The number of carbonyl (C=O) groups is 1. The summed E-state index contributed by atoms with van der Waals surface area (Å²) in [5.74, 6) is -0.312. The highest BCUT2D eigenvalue weighted by Gasteiger charge is 2.34. The van der Waals surface area contributed by atoms with Crippen LogP contribution in [0.3, 0.4) is 0 Å². The second-order valence-corrected chi connectivity index (χ2v) is 4.56. The lowest BCUT2D eigenvalue weighted by Crippen LogP contribution is -2.14. The molecule has 0 radical (unpaired) electrons. The van der Waals surface area contributed by atoms with Crippen molar-refractivity contribution >= 4 is 5.78 Å². The van der Waals surface area contributed by atoms with Gasteiger partial charge in [-0.05, 0) is 12.0 Å². The van der Waals surface area contributed by atoms with Crippen molar-refractivity contribution in [3.63, 3.8) is 0 Å². The number of hydrogen-bond acceptors (Lipinski definition) is 1. The molecule has 0 saturated carbocycles. The summed E-state index contributed by atoms with van der Waals surface area (Å²) in [4.78, 5) is 11.9. The number of hydrogen-bond donors (Lipinski definition) is 0. The second kappa shape index (κ2) is 6.03. The molecule has 18 heavy (non-hydrogen) atoms. The van der Waals surface area contributed by atoms with Gasteiger partial charge in [0, 0.05) is 12.0 Å². The summed E-state index contributed by atoms with van der Waals surface area (Å²) in [6.45, 7) is 3.88. The van der Waals surface area contributed by atoms with Crippen LogP contribution in [0.15, 0.2) is 24.3 Å². The number of carbonyl (C=O) groups excluding carboxylic acids is 1. The van der Waals surface area contributed by atoms with Gasteiger partial charge in [0.25, 0.3) is 0 Å². The van der Waals surface area contributed by atoms with Gasteiger partial charge in [0.2, 0.25) is 0 Å². The van der Waals surface area contributed by atoms with Crippen LogP contribution in [0, 0.1) is 5.92 Å². The Morgan fingerprint density at radius 2 is 1.89 bits per heavy atom. The van der Waals surface area contributed by atoms with Crippen LogP contribution >= 0.6 is 0 Å². The zero-order valence-corrected chi connectivity index (χ0v) is 10.6. The van der Waals surface area contributed by atoms with Crippen molar-refractivity contribution < 1.29 is 18.0 Å². The fourth-order valence-electron chi connectivity index (χ4n) is 1.99. The Hall–Kier alpha value is -1.32. The fraction of sp³-hybridized carbons (Fsp3) is 0.500. The van der Waals surface area contributed by atoms with E-state index in [0.29, 0.717) is 0 Å². The quantitative estimate of drug-likeness (QED) is 0.699. The third-order valence-electron chi connectivity index (χ3n) is 2.85. The fourth-order valence-corrected chi connectivity index (χ4v) is 1.99. The summed E-state index contributed by atoms with van der Waals surface area (Å²) in [6.07, 6.45) is -2.53. The first-order valence-electron chi connectivity index (χ1n) is 6.05. The molecule has 0 aromatic heterocycles. The number of Topliss-reactive ketones (excluding diaryl/α,β-unsaturated/α-hetero) is 1. The lowest BCUT2D eigenvalue weighted by Gasteiger charge is -2.14. The number of rotatable bonds is 5. The molecule has 0 aliphatic heterocycles. The van der Waals surface area contributed by atoms with Crippen LogP contribution in [0.5, 0.6) is 0 Å². The average Bonchev–Trinajstić information content (AvgIpc) is 2.28. The van der Waals surface area contributed by atoms with Gasteiger partial charge in [-0.3, -0.25) is 4.79 Å². The number of halogens is 3. The first kappa shape index (κ1) is 14.7. The largest absolute Gasteiger partial charge is 0.417 e. The zero-order chi connectivity index (χ0) is 13.8. The highest BCUT2D eigenvalue weighted by atomic mass is 19.4. The Labute approximate surface area is 105 Å². The number of ketones is 1. The van der Waals surface area contributed by atoms with Crippen molar-refractivity contribution in [1.82, 2.24) is 0 Å². The van der Waals surface area contributed by atoms with Crippen LogP contribution < -0.4 is 0 Å². The summed E-state index contributed by atoms with van der Waals surface area (Å²) in [6, 6.07) is 4.98. The Morgan fingerprint density at radius 3 is 2.44 bits per heavy atom. The van der Waals surface area contributed by atoms with Crippen LogP contribution in [-0.4, -0.2) is 5.78 Å². The van der Waals surface area contributed by atoms with Gasteiger partial charge >= 0.3 is 6.18 Å². The van der Waals surface area contributed by atoms with E-state index < -0.39 is 17.5 Å². The topological polar surface area (TPSA) is 17.1 Å². The van der Waals surface area contributed by atoms with Crippen LogP contribution in [0.1, 0.15) is 49.0 Å². The molecule has 1 atom stereocenters. The molecular weight excluding hydrogens is 241 g/mol. The summed E-state index contributed by atoms with van der Waals surface area (Å²) in [5, 5.41) is 0. The monoisotopic (exact) mass is 258 g/mol. The van der Waals surface area contributed by atoms with Crippen LogP contribution in [-0.2, 0) is 6.18 Å². The molecule has 1 aromatic carbocycles. The van der Waals surface area contributed by atoms with Crippen LogP contribution in [0.2, 0.25) is 0 Å². The highest BCUT2D eigenvalue weighted by molar-refractivity contribution is 5.97. The molecule has 0 saturated heterocycles. The van der Waals surface area contributed by atoms with E-state index in [1.165, 1.54) is 18.2 Å². The zero-order valence-electron chi connectivity index (χ0n) is 10.6. The third kappa shape index (κ3) is 3.86. The predicted octanol–water partition coefficient (Wildman–Crippen LogP) is 4.71. The lowest BCUT2D eigenvalue weighted by molar-refractivity contribution is -0.137. The van der Waals surface area contributed by atoms with Gasteiger partial charge in [0.05, 0.1) is 5.56 Å². The molecule has 0 amide bonds. The van der Waals surface area contributed by atoms with Crippen molar-refractivity contribution in [2.24, 2.45) is 5.92 Å². The summed E-state index contributed by atoms with van der Waals surface area (Å²) in [5.41, 5.74) is -1.05. The second-order valence-electron chi connectivity index (χ2n) is 4.56. The molecule has 0 aliphatic rings. The maximum atomic E-state index is 12.7. The minimum absolute atomic E-state index is 0.115. The number of benzene rings is 1. The Kier molecular flexibility index (Phi) is 4.93. The molecule has 0 bridgehead atoms. The third-order valence-corrected chi connectivity index (χ3v) is 2.85. The smallest absolute Gasteiger partial charge is 0.294 e. The van der Waals surface area contributed by atoms with Gasteiger partial charge in [0.15, 0.2) is 5.78 Å². The molecule has 0 spiro atoms. The van der Waals surface area contributed by atoms with E-state index in [2.05, 4.69) is 0 Å². The molecule has 100 valence electrons. The van der Waals surface area contributed by atoms with Crippen molar-refractivity contribution in [2.75, 3.05) is 0 Å². The SMILES string of the molecule is CCCC(C)CC(=O)c1ccccc1C(F)(F)F. The molecule has 1 nitrogen and oxygen atoms in total. The van der Waals surface area contributed by atoms with Gasteiger partial charge in [-0.2, -0.15) is 13.2 Å². The van der Waals surface area contributed by atoms with Crippen molar-refractivity contribution in [2.45, 2.75) is 39.3 Å². The van der Waals surface area contributed by atoms with E-state index in [4.69, 9.17) is 0 Å². The minimum Gasteiger partial charge on any atom is -0.294 e. The molecule has 1 unspecified atom stereocenters. The maximum absolute atomic E-state index is 12.7. The van der Waals surface area contributed by atoms with Gasteiger partial charge in [-0.25, -0.2) is 0 Å². The first-order chi connectivity index (χ1) is 8.36. The summed E-state index contributed by atoms with van der Waals surface area (Å²) < 4.78 is 38.2. The molecule has 0 fully saturated rings. The molecule has 1 rings (SSSR count). The molecule has 0 heterocycles. The van der Waals surface area contributed by atoms with E-state index in [1.54, 1.807) is 0 Å². The van der Waals surface area contributed by atoms with Crippen molar-refractivity contribution in [3.05, 3.63) is 35.4 Å². The Balaban J connectivity index is 2.93. The molecule has 4 heteroatoms. The van der Waals surface area contributed by atoms with Crippen molar-refractivity contribution in [3.8, 4) is 0 Å². The van der Waals surface area contributed by atoms with E-state index in [9.17, 15) is 18.0 Å². The normalized spacial score (nSPS) is 13.4. The summed E-state index contributed by atoms with van der Waals surface area (Å²) >= 11 is 0. The molecular formula is C14H17F3O. The highest BCUT2D eigenvalue weighted by Crippen LogP contribution is 2.32. The molecule has 1 aromatic rings. The Bertz CT molecular complexity index is 410. The van der Waals surface area contributed by atoms with E-state index in [0.717, 1.165) is 18.9 Å². The standard InChI is InChI=1S/C14H17F3O/c1-3-6-10(2)9-13(18)11-7-4-5-8-12(11)14(15,16)17/h4-5,7-8,10H,3,6,9H2,1-2H3. The van der Waals surface area contributed by atoms with E-state index in [-0.39, 0.29) is 17.9 Å². The lowest BCUT2D eigenvalue weighted by atomic mass is 9.93. The molecule has 0 N–H and O–H groups in total.